The molecule has 182 valence electrons. The highest BCUT2D eigenvalue weighted by Gasteiger charge is 2.40. The molecule has 3 atom stereocenters. The molecule has 0 saturated heterocycles. The summed E-state index contributed by atoms with van der Waals surface area (Å²) in [6.07, 6.45) is 1.20. The molecule has 1 heterocycles. The van der Waals surface area contributed by atoms with E-state index in [0.717, 1.165) is 16.1 Å². The number of amides is 2. The lowest BCUT2D eigenvalue weighted by Crippen LogP contribution is -2.51. The first-order valence-corrected chi connectivity index (χ1v) is 12.0. The number of nitrogens with one attached hydrogen (secondary N) is 2. The summed E-state index contributed by atoms with van der Waals surface area (Å²) >= 11 is 1.55. The number of Topliss-reactive ketones (excluding diaryl/α,β-unsaturated/α-hetero) is 1. The Morgan fingerprint density at radius 1 is 1.21 bits per heavy atom. The van der Waals surface area contributed by atoms with Crippen LogP contribution in [0.1, 0.15) is 46.2 Å². The van der Waals surface area contributed by atoms with Crippen molar-refractivity contribution in [3.8, 4) is 16.2 Å². The monoisotopic (exact) mass is 485 g/mol. The summed E-state index contributed by atoms with van der Waals surface area (Å²) in [5, 5.41) is 12.9. The van der Waals surface area contributed by atoms with Crippen LogP contribution in [0.4, 0.5) is 0 Å². The smallest absolute Gasteiger partial charge is 0.260 e. The number of aliphatic hydroxyl groups is 1. The third-order valence-corrected chi connectivity index (χ3v) is 6.68. The van der Waals surface area contributed by atoms with Crippen LogP contribution in [0.25, 0.3) is 10.4 Å². The normalized spacial score (nSPS) is 19.1. The predicted octanol–water partition coefficient (Wildman–Crippen LogP) is 3.35. The summed E-state index contributed by atoms with van der Waals surface area (Å²) in [7, 11) is 0. The Morgan fingerprint density at radius 2 is 1.88 bits per heavy atom. The van der Waals surface area contributed by atoms with Crippen molar-refractivity contribution in [1.82, 2.24) is 15.8 Å². The molecule has 1 unspecified atom stereocenters. The maximum atomic E-state index is 13.4. The van der Waals surface area contributed by atoms with E-state index >= 15 is 0 Å². The van der Waals surface area contributed by atoms with E-state index in [1.165, 1.54) is 6.92 Å². The van der Waals surface area contributed by atoms with Gasteiger partial charge in [-0.15, -0.1) is 11.3 Å². The summed E-state index contributed by atoms with van der Waals surface area (Å²) < 4.78 is 0. The second-order valence-electron chi connectivity index (χ2n) is 9.56. The quantitative estimate of drug-likeness (QED) is 0.518. The van der Waals surface area contributed by atoms with Crippen molar-refractivity contribution >= 4 is 28.9 Å². The number of benzene rings is 1. The minimum absolute atomic E-state index is 0.0906. The van der Waals surface area contributed by atoms with E-state index in [1.807, 2.05) is 39.8 Å². The van der Waals surface area contributed by atoms with E-state index in [9.17, 15) is 19.5 Å². The Kier molecular flexibility index (Phi) is 7.89. The molecule has 8 nitrogen and oxygen atoms in total. The molecule has 1 aliphatic rings. The Hall–Kier alpha value is -3.04. The highest BCUT2D eigenvalue weighted by molar-refractivity contribution is 7.13. The van der Waals surface area contributed by atoms with Crippen molar-refractivity contribution in [2.45, 2.75) is 59.6 Å². The molecule has 0 fully saturated rings. The van der Waals surface area contributed by atoms with Crippen molar-refractivity contribution in [3.63, 3.8) is 0 Å². The van der Waals surface area contributed by atoms with Crippen LogP contribution >= 0.6 is 11.3 Å². The molecule has 0 saturated carbocycles. The van der Waals surface area contributed by atoms with E-state index in [1.54, 1.807) is 35.1 Å². The lowest BCUT2D eigenvalue weighted by molar-refractivity contribution is -0.134. The average Bonchev–Trinajstić information content (AvgIpc) is 3.20. The van der Waals surface area contributed by atoms with Crippen LogP contribution in [0.5, 0.6) is 5.75 Å². The zero-order valence-electron chi connectivity index (χ0n) is 20.0. The molecule has 3 rings (SSSR count). The van der Waals surface area contributed by atoms with Gasteiger partial charge in [-0.3, -0.25) is 14.4 Å². The first-order valence-electron chi connectivity index (χ1n) is 11.1. The highest BCUT2D eigenvalue weighted by Crippen LogP contribution is 2.32. The van der Waals surface area contributed by atoms with Gasteiger partial charge in [-0.25, -0.2) is 4.98 Å². The number of hydrogen-bond acceptors (Lipinski definition) is 7. The lowest BCUT2D eigenvalue weighted by Gasteiger charge is -2.33. The molecule has 1 aromatic heterocycles. The molecule has 34 heavy (non-hydrogen) atoms. The predicted molar refractivity (Wildman–Crippen MR) is 130 cm³/mol. The van der Waals surface area contributed by atoms with Crippen LogP contribution < -0.4 is 15.6 Å². The second kappa shape index (κ2) is 10.5. The number of thiazole rings is 1. The average molecular weight is 486 g/mol. The molecule has 1 aliphatic carbocycles. The van der Waals surface area contributed by atoms with Gasteiger partial charge in [-0.1, -0.05) is 26.8 Å². The number of carbonyl (C=O) groups excluding carboxylic acids is 3. The Balaban J connectivity index is 1.72. The second-order valence-corrected chi connectivity index (χ2v) is 10.4. The number of carbonyl (C=O) groups is 3. The van der Waals surface area contributed by atoms with Crippen molar-refractivity contribution in [2.24, 2.45) is 11.3 Å². The Morgan fingerprint density at radius 3 is 2.44 bits per heavy atom. The van der Waals surface area contributed by atoms with Crippen LogP contribution in [0, 0.1) is 18.3 Å². The van der Waals surface area contributed by atoms with Crippen molar-refractivity contribution in [1.29, 1.82) is 0 Å². The standard InChI is InChI=1S/C25H31N3O5S/c1-14-22(34-13-26-14)16-6-9-18(10-7-16)33-28-24(32)20-12-17(30)8-11-19(20)21(31)23(25(3,4)5)27-15(2)29/h6-7,9-11,13,17,20,23,30H,8,12H2,1-5H3,(H,27,29)(H,28,32)/t17-,20+,23?/m0/s1. The third-order valence-electron chi connectivity index (χ3n) is 5.70. The van der Waals surface area contributed by atoms with E-state index in [-0.39, 0.29) is 30.1 Å². The van der Waals surface area contributed by atoms with Gasteiger partial charge in [0.05, 0.1) is 34.1 Å². The minimum atomic E-state index is -0.894. The SMILES string of the molecule is CC(=O)NC(C(=O)C1=CC[C@H](O)C[C@H]1C(=O)NOc1ccc(-c2scnc2C)cc1)C(C)(C)C. The molecule has 2 amide bonds. The maximum absolute atomic E-state index is 13.4. The highest BCUT2D eigenvalue weighted by atomic mass is 32.1. The lowest BCUT2D eigenvalue weighted by atomic mass is 9.76. The van der Waals surface area contributed by atoms with Crippen molar-refractivity contribution < 1.29 is 24.3 Å². The molecule has 9 heteroatoms. The number of aryl methyl sites for hydroxylation is 1. The molecule has 0 radical (unpaired) electrons. The number of aliphatic hydroxyl groups excluding tert-OH is 1. The van der Waals surface area contributed by atoms with Crippen LogP contribution in [-0.4, -0.2) is 39.8 Å². The number of hydroxylamine groups is 1. The van der Waals surface area contributed by atoms with Crippen LogP contribution in [-0.2, 0) is 14.4 Å². The van der Waals surface area contributed by atoms with Gasteiger partial charge in [0, 0.05) is 12.5 Å². The number of hydrogen-bond donors (Lipinski definition) is 3. The number of ketones is 1. The molecule has 2 aromatic rings. The number of nitrogens with zero attached hydrogens (tertiary/aromatic N) is 1. The molecule has 1 aromatic carbocycles. The zero-order chi connectivity index (χ0) is 25.0. The Labute approximate surface area is 203 Å². The largest absolute Gasteiger partial charge is 0.393 e. The van der Waals surface area contributed by atoms with Crippen molar-refractivity contribution in [3.05, 3.63) is 47.1 Å². The zero-order valence-corrected chi connectivity index (χ0v) is 20.9. The minimum Gasteiger partial charge on any atom is -0.393 e. The summed E-state index contributed by atoms with van der Waals surface area (Å²) in [4.78, 5) is 48.9. The first kappa shape index (κ1) is 25.6. The van der Waals surface area contributed by atoms with Gasteiger partial charge in [-0.05, 0) is 55.0 Å². The van der Waals surface area contributed by atoms with Crippen LogP contribution in [0.3, 0.4) is 0 Å². The molecule has 0 bridgehead atoms. The Bertz CT molecular complexity index is 1080. The fraction of sp³-hybridized carbons (Fsp3) is 0.440. The topological polar surface area (TPSA) is 118 Å². The molecule has 3 N–H and O–H groups in total. The van der Waals surface area contributed by atoms with E-state index in [4.69, 9.17) is 4.84 Å². The molecular formula is C25H31N3O5S. The third kappa shape index (κ3) is 6.09. The van der Waals surface area contributed by atoms with Crippen LogP contribution in [0.2, 0.25) is 0 Å². The van der Waals surface area contributed by atoms with E-state index in [2.05, 4.69) is 15.8 Å². The fourth-order valence-corrected chi connectivity index (χ4v) is 4.71. The summed E-state index contributed by atoms with van der Waals surface area (Å²) in [6, 6.07) is 6.42. The fourth-order valence-electron chi connectivity index (χ4n) is 3.90. The summed E-state index contributed by atoms with van der Waals surface area (Å²) in [5.41, 5.74) is 5.86. The first-order chi connectivity index (χ1) is 16.0. The molecule has 0 aliphatic heterocycles. The number of aromatic nitrogens is 1. The van der Waals surface area contributed by atoms with Gasteiger partial charge < -0.3 is 15.3 Å². The van der Waals surface area contributed by atoms with Gasteiger partial charge in [0.2, 0.25) is 5.91 Å². The molecule has 0 spiro atoms. The van der Waals surface area contributed by atoms with Gasteiger partial charge in [0.15, 0.2) is 11.5 Å². The van der Waals surface area contributed by atoms with Gasteiger partial charge >= 0.3 is 0 Å². The maximum Gasteiger partial charge on any atom is 0.260 e. The van der Waals surface area contributed by atoms with Gasteiger partial charge in [0.1, 0.15) is 0 Å². The van der Waals surface area contributed by atoms with Crippen molar-refractivity contribution in [2.75, 3.05) is 0 Å². The van der Waals surface area contributed by atoms with E-state index in [0.29, 0.717) is 5.75 Å². The number of rotatable bonds is 7. The molecular weight excluding hydrogens is 454 g/mol. The van der Waals surface area contributed by atoms with Crippen LogP contribution in [0.15, 0.2) is 41.4 Å². The van der Waals surface area contributed by atoms with Gasteiger partial charge in [-0.2, -0.15) is 5.48 Å². The summed E-state index contributed by atoms with van der Waals surface area (Å²) in [5.74, 6) is -1.66. The van der Waals surface area contributed by atoms with E-state index < -0.39 is 29.4 Å². The van der Waals surface area contributed by atoms with Gasteiger partial charge in [0.25, 0.3) is 5.91 Å². The summed E-state index contributed by atoms with van der Waals surface area (Å²) in [6.45, 7) is 8.83.